The van der Waals surface area contributed by atoms with Crippen molar-refractivity contribution in [1.82, 2.24) is 15.5 Å². The molecule has 2 aliphatic rings. The fourth-order valence-electron chi connectivity index (χ4n) is 3.66. The molecule has 0 unspecified atom stereocenters. The van der Waals surface area contributed by atoms with E-state index in [1.54, 1.807) is 11.3 Å². The van der Waals surface area contributed by atoms with Crippen LogP contribution in [0.15, 0.2) is 16.8 Å². The van der Waals surface area contributed by atoms with Gasteiger partial charge in [0, 0.05) is 31.6 Å². The minimum atomic E-state index is -0.128. The Morgan fingerprint density at radius 2 is 2.12 bits per heavy atom. The molecular formula is C18H27N3O2S. The number of thiophene rings is 1. The van der Waals surface area contributed by atoms with Crippen LogP contribution in [0.4, 0.5) is 4.79 Å². The fourth-order valence-corrected chi connectivity index (χ4v) is 4.45. The van der Waals surface area contributed by atoms with Crippen LogP contribution in [0, 0.1) is 5.92 Å². The second-order valence-corrected chi connectivity index (χ2v) is 7.84. The van der Waals surface area contributed by atoms with Gasteiger partial charge in [0.1, 0.15) is 0 Å². The van der Waals surface area contributed by atoms with Gasteiger partial charge in [0.15, 0.2) is 0 Å². The Balaban J connectivity index is 1.38. The minimum Gasteiger partial charge on any atom is -0.340 e. The molecule has 1 saturated carbocycles. The summed E-state index contributed by atoms with van der Waals surface area (Å²) in [4.78, 5) is 26.4. The quantitative estimate of drug-likeness (QED) is 0.858. The highest BCUT2D eigenvalue weighted by Gasteiger charge is 2.32. The highest BCUT2D eigenvalue weighted by atomic mass is 32.1. The predicted octanol–water partition coefficient (Wildman–Crippen LogP) is 2.94. The molecule has 1 aliphatic carbocycles. The molecule has 5 nitrogen and oxygen atoms in total. The second-order valence-electron chi connectivity index (χ2n) is 7.06. The van der Waals surface area contributed by atoms with E-state index in [1.807, 2.05) is 4.90 Å². The number of hydrogen-bond donors (Lipinski definition) is 2. The van der Waals surface area contributed by atoms with Crippen molar-refractivity contribution in [1.29, 1.82) is 0 Å². The van der Waals surface area contributed by atoms with Crippen molar-refractivity contribution in [2.45, 2.75) is 51.0 Å². The highest BCUT2D eigenvalue weighted by molar-refractivity contribution is 7.07. The smallest absolute Gasteiger partial charge is 0.315 e. The van der Waals surface area contributed by atoms with Crippen LogP contribution < -0.4 is 10.6 Å². The van der Waals surface area contributed by atoms with Gasteiger partial charge < -0.3 is 15.5 Å². The Bertz CT molecular complexity index is 555. The Morgan fingerprint density at radius 3 is 2.83 bits per heavy atom. The number of carbonyl (C=O) groups is 2. The summed E-state index contributed by atoms with van der Waals surface area (Å²) in [6, 6.07) is 2.04. The van der Waals surface area contributed by atoms with E-state index in [2.05, 4.69) is 34.4 Å². The van der Waals surface area contributed by atoms with E-state index in [0.717, 1.165) is 25.8 Å². The molecule has 1 aliphatic heterocycles. The first-order valence-electron chi connectivity index (χ1n) is 8.98. The maximum atomic E-state index is 12.4. The zero-order valence-electron chi connectivity index (χ0n) is 14.3. The van der Waals surface area contributed by atoms with Crippen LogP contribution in [-0.4, -0.2) is 42.5 Å². The van der Waals surface area contributed by atoms with E-state index in [-0.39, 0.29) is 18.0 Å². The number of nitrogens with zero attached hydrogens (tertiary/aromatic N) is 1. The first kappa shape index (κ1) is 17.3. The molecule has 0 radical (unpaired) electrons. The lowest BCUT2D eigenvalue weighted by Crippen LogP contribution is -2.45. The molecule has 24 heavy (non-hydrogen) atoms. The number of hydrogen-bond acceptors (Lipinski definition) is 3. The zero-order valence-corrected chi connectivity index (χ0v) is 15.1. The molecule has 3 amide bonds. The van der Waals surface area contributed by atoms with Crippen molar-refractivity contribution in [2.24, 2.45) is 5.92 Å². The number of rotatable bonds is 5. The molecule has 2 N–H and O–H groups in total. The molecule has 6 heteroatoms. The lowest BCUT2D eigenvalue weighted by Gasteiger charge is -2.21. The average molecular weight is 350 g/mol. The molecule has 1 aromatic rings. The largest absolute Gasteiger partial charge is 0.340 e. The molecule has 0 bridgehead atoms. The second kappa shape index (κ2) is 8.01. The molecule has 2 atom stereocenters. The zero-order chi connectivity index (χ0) is 16.9. The van der Waals surface area contributed by atoms with Crippen molar-refractivity contribution in [2.75, 3.05) is 19.6 Å². The molecule has 2 fully saturated rings. The van der Waals surface area contributed by atoms with Gasteiger partial charge in [0.05, 0.1) is 0 Å². The Kier molecular flexibility index (Phi) is 5.76. The summed E-state index contributed by atoms with van der Waals surface area (Å²) in [5.74, 6) is 0.832. The van der Waals surface area contributed by atoms with E-state index in [0.29, 0.717) is 24.9 Å². The van der Waals surface area contributed by atoms with Gasteiger partial charge in [-0.3, -0.25) is 4.79 Å². The van der Waals surface area contributed by atoms with E-state index in [1.165, 1.54) is 18.4 Å². The first-order chi connectivity index (χ1) is 11.6. The summed E-state index contributed by atoms with van der Waals surface area (Å²) in [6.45, 7) is 4.16. The SMILES string of the molecule is C[C@@H](CNC(=O)N[C@@H]1CCN(C(=O)C2CCCC2)C1)c1ccsc1. The topological polar surface area (TPSA) is 61.4 Å². The monoisotopic (exact) mass is 349 g/mol. The molecular weight excluding hydrogens is 322 g/mol. The molecule has 3 rings (SSSR count). The van der Waals surface area contributed by atoms with Gasteiger partial charge in [0.2, 0.25) is 5.91 Å². The van der Waals surface area contributed by atoms with Gasteiger partial charge in [-0.15, -0.1) is 0 Å². The van der Waals surface area contributed by atoms with E-state index in [4.69, 9.17) is 0 Å². The Morgan fingerprint density at radius 1 is 1.33 bits per heavy atom. The summed E-state index contributed by atoms with van der Waals surface area (Å²) in [5.41, 5.74) is 1.26. The van der Waals surface area contributed by atoms with Gasteiger partial charge in [-0.05, 0) is 47.6 Å². The third-order valence-electron chi connectivity index (χ3n) is 5.22. The van der Waals surface area contributed by atoms with Crippen LogP contribution >= 0.6 is 11.3 Å². The number of urea groups is 1. The van der Waals surface area contributed by atoms with Gasteiger partial charge in [-0.2, -0.15) is 11.3 Å². The van der Waals surface area contributed by atoms with Crippen LogP contribution in [0.2, 0.25) is 0 Å². The number of amides is 3. The molecule has 2 heterocycles. The lowest BCUT2D eigenvalue weighted by atomic mass is 10.1. The van der Waals surface area contributed by atoms with Gasteiger partial charge >= 0.3 is 6.03 Å². The number of nitrogens with one attached hydrogen (secondary N) is 2. The van der Waals surface area contributed by atoms with Gasteiger partial charge in [0.25, 0.3) is 0 Å². The van der Waals surface area contributed by atoms with Crippen molar-refractivity contribution < 1.29 is 9.59 Å². The van der Waals surface area contributed by atoms with Crippen molar-refractivity contribution in [3.8, 4) is 0 Å². The molecule has 1 saturated heterocycles. The van der Waals surface area contributed by atoms with Gasteiger partial charge in [-0.25, -0.2) is 4.79 Å². The normalized spacial score (nSPS) is 22.5. The molecule has 1 aromatic heterocycles. The molecule has 0 aromatic carbocycles. The predicted molar refractivity (Wildman–Crippen MR) is 96.2 cm³/mol. The highest BCUT2D eigenvalue weighted by Crippen LogP contribution is 2.27. The van der Waals surface area contributed by atoms with Crippen LogP contribution in [-0.2, 0) is 4.79 Å². The summed E-state index contributed by atoms with van der Waals surface area (Å²) in [6.07, 6.45) is 5.28. The van der Waals surface area contributed by atoms with Crippen molar-refractivity contribution in [3.63, 3.8) is 0 Å². The Hall–Kier alpha value is -1.56. The van der Waals surface area contributed by atoms with Crippen LogP contribution in [0.5, 0.6) is 0 Å². The first-order valence-corrected chi connectivity index (χ1v) is 9.93. The summed E-state index contributed by atoms with van der Waals surface area (Å²) in [7, 11) is 0. The van der Waals surface area contributed by atoms with Crippen LogP contribution in [0.1, 0.15) is 50.5 Å². The molecule has 0 spiro atoms. The van der Waals surface area contributed by atoms with Gasteiger partial charge in [-0.1, -0.05) is 19.8 Å². The third kappa shape index (κ3) is 4.29. The Labute approximate surface area is 147 Å². The summed E-state index contributed by atoms with van der Waals surface area (Å²) in [5, 5.41) is 10.1. The average Bonchev–Trinajstić information content (AvgIpc) is 3.33. The van der Waals surface area contributed by atoms with E-state index in [9.17, 15) is 9.59 Å². The standard InChI is InChI=1S/C18H27N3O2S/c1-13(15-7-9-24-12-15)10-19-18(23)20-16-6-8-21(11-16)17(22)14-4-2-3-5-14/h7,9,12-14,16H,2-6,8,10-11H2,1H3,(H2,19,20,23)/t13-,16+/m0/s1. The maximum Gasteiger partial charge on any atom is 0.315 e. The van der Waals surface area contributed by atoms with Crippen molar-refractivity contribution >= 4 is 23.3 Å². The molecule has 132 valence electrons. The maximum absolute atomic E-state index is 12.4. The fraction of sp³-hybridized carbons (Fsp3) is 0.667. The number of carbonyl (C=O) groups excluding carboxylic acids is 2. The minimum absolute atomic E-state index is 0.0757. The van der Waals surface area contributed by atoms with E-state index >= 15 is 0 Å². The van der Waals surface area contributed by atoms with E-state index < -0.39 is 0 Å². The lowest BCUT2D eigenvalue weighted by molar-refractivity contribution is -0.134. The summed E-state index contributed by atoms with van der Waals surface area (Å²) >= 11 is 1.68. The van der Waals surface area contributed by atoms with Crippen LogP contribution in [0.25, 0.3) is 0 Å². The summed E-state index contributed by atoms with van der Waals surface area (Å²) < 4.78 is 0. The van der Waals surface area contributed by atoms with Crippen LogP contribution in [0.3, 0.4) is 0 Å². The van der Waals surface area contributed by atoms with Crippen molar-refractivity contribution in [3.05, 3.63) is 22.4 Å². The third-order valence-corrected chi connectivity index (χ3v) is 5.92. The number of likely N-dealkylation sites (tertiary alicyclic amines) is 1.